The Bertz CT molecular complexity index is 1310. The van der Waals surface area contributed by atoms with Crippen LogP contribution in [0.1, 0.15) is 30.5 Å². The van der Waals surface area contributed by atoms with E-state index in [0.717, 1.165) is 22.4 Å². The van der Waals surface area contributed by atoms with E-state index in [-0.39, 0.29) is 19.8 Å². The first-order chi connectivity index (χ1) is 21.1. The van der Waals surface area contributed by atoms with Crippen molar-refractivity contribution >= 4 is 7.82 Å². The number of aliphatic hydroxyl groups is 2. The Kier molecular flexibility index (Phi) is 10.9. The van der Waals surface area contributed by atoms with Gasteiger partial charge in [0.1, 0.15) is 36.3 Å². The summed E-state index contributed by atoms with van der Waals surface area (Å²) < 4.78 is 59.7. The van der Waals surface area contributed by atoms with Crippen molar-refractivity contribution in [3.63, 3.8) is 0 Å². The minimum Gasteiger partial charge on any atom is -0.497 e. The molecule has 2 unspecified atom stereocenters. The quantitative estimate of drug-likeness (QED) is 0.226. The van der Waals surface area contributed by atoms with Gasteiger partial charge < -0.3 is 33.9 Å². The highest BCUT2D eigenvalue weighted by Gasteiger charge is 2.58. The molecule has 2 aliphatic heterocycles. The molecule has 0 amide bonds. The van der Waals surface area contributed by atoms with Gasteiger partial charge in [0.2, 0.25) is 0 Å². The summed E-state index contributed by atoms with van der Waals surface area (Å²) in [5.74, 6) is -0.243. The molecule has 238 valence electrons. The molecular formula is C32H39O11P. The number of fused-ring (bicyclic) bond motifs is 1. The summed E-state index contributed by atoms with van der Waals surface area (Å²) in [5.41, 5.74) is 2.39. The minimum atomic E-state index is -4.18. The van der Waals surface area contributed by atoms with Gasteiger partial charge in [0.15, 0.2) is 12.1 Å². The molecule has 12 heteroatoms. The number of rotatable bonds is 15. The first kappa shape index (κ1) is 32.7. The highest BCUT2D eigenvalue weighted by atomic mass is 31.2. The van der Waals surface area contributed by atoms with Crippen LogP contribution in [0.4, 0.5) is 0 Å². The fraction of sp³-hybridized carbons (Fsp3) is 0.438. The minimum absolute atomic E-state index is 0.0471. The molecule has 2 saturated heterocycles. The van der Waals surface area contributed by atoms with Gasteiger partial charge in [0, 0.05) is 0 Å². The lowest BCUT2D eigenvalue weighted by Crippen LogP contribution is -2.46. The van der Waals surface area contributed by atoms with Crippen molar-refractivity contribution in [2.75, 3.05) is 13.7 Å². The summed E-state index contributed by atoms with van der Waals surface area (Å²) >= 11 is 0. The van der Waals surface area contributed by atoms with Crippen molar-refractivity contribution in [3.8, 4) is 5.75 Å². The van der Waals surface area contributed by atoms with Crippen LogP contribution in [0.2, 0.25) is 0 Å². The van der Waals surface area contributed by atoms with E-state index >= 15 is 0 Å². The molecule has 2 aliphatic rings. The Balaban J connectivity index is 1.22. The molecule has 0 aromatic heterocycles. The van der Waals surface area contributed by atoms with Gasteiger partial charge in [0.25, 0.3) is 0 Å². The van der Waals surface area contributed by atoms with E-state index in [2.05, 4.69) is 0 Å². The predicted molar refractivity (Wildman–Crippen MR) is 158 cm³/mol. The number of hydrogen-bond donors (Lipinski definition) is 2. The van der Waals surface area contributed by atoms with Crippen LogP contribution in [0.15, 0.2) is 84.9 Å². The van der Waals surface area contributed by atoms with Crippen LogP contribution in [-0.2, 0) is 56.9 Å². The molecule has 11 nitrogen and oxygen atoms in total. The van der Waals surface area contributed by atoms with Gasteiger partial charge in [-0.2, -0.15) is 0 Å². The highest BCUT2D eigenvalue weighted by Crippen LogP contribution is 2.51. The van der Waals surface area contributed by atoms with Crippen molar-refractivity contribution in [1.29, 1.82) is 0 Å². The van der Waals surface area contributed by atoms with Gasteiger partial charge in [-0.1, -0.05) is 72.8 Å². The molecule has 5 rings (SSSR count). The second-order valence-electron chi connectivity index (χ2n) is 11.0. The Labute approximate surface area is 257 Å². The molecule has 2 N–H and O–H groups in total. The van der Waals surface area contributed by atoms with Crippen LogP contribution < -0.4 is 4.74 Å². The van der Waals surface area contributed by atoms with Crippen molar-refractivity contribution in [3.05, 3.63) is 102 Å². The monoisotopic (exact) mass is 630 g/mol. The Morgan fingerprint density at radius 1 is 0.773 bits per heavy atom. The van der Waals surface area contributed by atoms with Crippen LogP contribution in [-0.4, -0.2) is 66.5 Å². The van der Waals surface area contributed by atoms with Crippen molar-refractivity contribution in [2.45, 2.75) is 76.3 Å². The molecule has 3 aromatic carbocycles. The third-order valence-corrected chi connectivity index (χ3v) is 8.57. The zero-order chi connectivity index (χ0) is 31.2. The zero-order valence-electron chi connectivity index (χ0n) is 24.9. The Morgan fingerprint density at radius 2 is 1.32 bits per heavy atom. The second-order valence-corrected chi connectivity index (χ2v) is 12.7. The van der Waals surface area contributed by atoms with E-state index in [0.29, 0.717) is 0 Å². The van der Waals surface area contributed by atoms with Gasteiger partial charge in [-0.25, -0.2) is 4.57 Å². The van der Waals surface area contributed by atoms with E-state index in [1.165, 1.54) is 0 Å². The van der Waals surface area contributed by atoms with Gasteiger partial charge in [-0.05, 0) is 42.7 Å². The summed E-state index contributed by atoms with van der Waals surface area (Å²) in [7, 11) is -2.59. The van der Waals surface area contributed by atoms with Crippen LogP contribution in [0.25, 0.3) is 0 Å². The average Bonchev–Trinajstić information content (AvgIpc) is 3.54. The number of benzene rings is 3. The third kappa shape index (κ3) is 8.52. The van der Waals surface area contributed by atoms with Gasteiger partial charge >= 0.3 is 7.82 Å². The number of aliphatic hydroxyl groups excluding tert-OH is 2. The summed E-state index contributed by atoms with van der Waals surface area (Å²) in [6.45, 7) is 3.04. The molecule has 0 radical (unpaired) electrons. The van der Waals surface area contributed by atoms with Crippen LogP contribution in [0.3, 0.4) is 0 Å². The average molecular weight is 631 g/mol. The van der Waals surface area contributed by atoms with E-state index in [1.54, 1.807) is 21.0 Å². The van der Waals surface area contributed by atoms with Crippen LogP contribution in [0.5, 0.6) is 5.75 Å². The molecule has 0 saturated carbocycles. The lowest BCUT2D eigenvalue weighted by Gasteiger charge is -2.29. The fourth-order valence-electron chi connectivity index (χ4n) is 4.95. The van der Waals surface area contributed by atoms with Crippen molar-refractivity contribution in [1.82, 2.24) is 0 Å². The molecule has 0 aliphatic carbocycles. The lowest BCUT2D eigenvalue weighted by molar-refractivity contribution is -0.251. The SMILES string of the molecule is COc1ccc(CO[C@H]2O[C@H]([C@H](O)[C@H](O)COP(=O)(OCc3ccccc3)OCc3ccccc3)C3OC(C)(C)OC32)cc1. The van der Waals surface area contributed by atoms with E-state index in [4.69, 9.17) is 37.3 Å². The number of phosphoric ester groups is 1. The largest absolute Gasteiger partial charge is 0.497 e. The van der Waals surface area contributed by atoms with E-state index in [1.807, 2.05) is 84.9 Å². The van der Waals surface area contributed by atoms with E-state index < -0.39 is 57.0 Å². The zero-order valence-corrected chi connectivity index (χ0v) is 25.8. The molecular weight excluding hydrogens is 591 g/mol. The molecule has 2 fully saturated rings. The second kappa shape index (κ2) is 14.6. The fourth-order valence-corrected chi connectivity index (χ4v) is 6.13. The molecule has 44 heavy (non-hydrogen) atoms. The molecule has 2 heterocycles. The topological polar surface area (TPSA) is 131 Å². The maximum Gasteiger partial charge on any atom is 0.475 e. The number of phosphoric acid groups is 1. The highest BCUT2D eigenvalue weighted by molar-refractivity contribution is 7.48. The summed E-state index contributed by atoms with van der Waals surface area (Å²) in [4.78, 5) is 0. The van der Waals surface area contributed by atoms with Gasteiger partial charge in [-0.15, -0.1) is 0 Å². The molecule has 0 spiro atoms. The summed E-state index contributed by atoms with van der Waals surface area (Å²) in [6, 6.07) is 25.7. The predicted octanol–water partition coefficient (Wildman–Crippen LogP) is 4.74. The lowest BCUT2D eigenvalue weighted by atomic mass is 10.0. The van der Waals surface area contributed by atoms with Crippen molar-refractivity contribution < 1.29 is 52.0 Å². The van der Waals surface area contributed by atoms with E-state index in [9.17, 15) is 14.8 Å². The third-order valence-electron chi connectivity index (χ3n) is 7.22. The standard InChI is InChI=1S/C32H39O11P/c1-32(2)42-29-28(41-31(30(29)43-32)37-18-24-14-16-25(36-3)17-15-24)27(34)26(33)21-40-44(35,38-19-22-10-6-4-7-11-22)39-20-23-12-8-5-9-13-23/h4-17,26-31,33-34H,18-21H2,1-3H3/t26-,27-,28-,29?,30?,31+/m1/s1. The van der Waals surface area contributed by atoms with Gasteiger partial charge in [-0.3, -0.25) is 13.6 Å². The van der Waals surface area contributed by atoms with Crippen LogP contribution >= 0.6 is 7.82 Å². The van der Waals surface area contributed by atoms with Gasteiger partial charge in [0.05, 0.1) is 33.5 Å². The number of methoxy groups -OCH3 is 1. The maximum atomic E-state index is 13.6. The summed E-state index contributed by atoms with van der Waals surface area (Å²) in [5, 5.41) is 22.1. The van der Waals surface area contributed by atoms with Crippen molar-refractivity contribution in [2.24, 2.45) is 0 Å². The molecule has 3 aromatic rings. The number of ether oxygens (including phenoxy) is 5. The molecule has 6 atom stereocenters. The maximum absolute atomic E-state index is 13.6. The number of hydrogen-bond acceptors (Lipinski definition) is 11. The van der Waals surface area contributed by atoms with Crippen LogP contribution in [0, 0.1) is 0 Å². The molecule has 0 bridgehead atoms. The Hall–Kier alpha value is -2.67. The first-order valence-electron chi connectivity index (χ1n) is 14.4. The smallest absolute Gasteiger partial charge is 0.475 e. The Morgan fingerprint density at radius 3 is 1.89 bits per heavy atom. The normalized spacial score (nSPS) is 24.1. The summed E-state index contributed by atoms with van der Waals surface area (Å²) in [6.07, 6.45) is -6.37. The first-order valence-corrected chi connectivity index (χ1v) is 15.8.